The Kier molecular flexibility index (Phi) is 6.97. The lowest BCUT2D eigenvalue weighted by Gasteiger charge is -2.37. The monoisotopic (exact) mass is 514 g/mol. The highest BCUT2D eigenvalue weighted by atomic mass is 16.2. The number of urea groups is 1. The third kappa shape index (κ3) is 5.27. The number of carbonyl (C=O) groups excluding carboxylic acids is 4. The second-order valence-corrected chi connectivity index (χ2v) is 13.2. The van der Waals surface area contributed by atoms with Crippen LogP contribution >= 0.6 is 0 Å². The minimum atomic E-state index is -0.816. The number of rotatable bonds is 8. The average Bonchev–Trinajstić information content (AvgIpc) is 3.53. The zero-order chi connectivity index (χ0) is 27.3. The van der Waals surface area contributed by atoms with Gasteiger partial charge in [0.2, 0.25) is 17.7 Å². The predicted octanol–water partition coefficient (Wildman–Crippen LogP) is 1.66. The number of hydrogen-bond acceptors (Lipinski definition) is 5. The average molecular weight is 515 g/mol. The fraction of sp³-hybridized carbons (Fsp3) is 0.815. The first-order valence-corrected chi connectivity index (χ1v) is 13.6. The van der Waals surface area contributed by atoms with E-state index in [2.05, 4.69) is 41.2 Å². The number of nitrogens with one attached hydrogen (secondary N) is 4. The van der Waals surface area contributed by atoms with Crippen molar-refractivity contribution in [1.29, 1.82) is 5.26 Å². The number of hydrogen-bond donors (Lipinski definition) is 4. The summed E-state index contributed by atoms with van der Waals surface area (Å²) < 4.78 is 0. The highest BCUT2D eigenvalue weighted by molar-refractivity contribution is 5.94. The zero-order valence-electron chi connectivity index (χ0n) is 22.9. The van der Waals surface area contributed by atoms with Gasteiger partial charge < -0.3 is 26.2 Å². The number of fused-ring (bicyclic) bond motifs is 1. The van der Waals surface area contributed by atoms with E-state index in [1.165, 1.54) is 0 Å². The highest BCUT2D eigenvalue weighted by Gasteiger charge is 2.70. The van der Waals surface area contributed by atoms with Crippen LogP contribution in [0.4, 0.5) is 4.79 Å². The molecule has 2 heterocycles. The molecule has 0 unspecified atom stereocenters. The molecule has 204 valence electrons. The van der Waals surface area contributed by atoms with Crippen LogP contribution in [0.5, 0.6) is 0 Å². The normalized spacial score (nSPS) is 30.0. The van der Waals surface area contributed by atoms with Gasteiger partial charge in [0.15, 0.2) is 0 Å². The molecule has 10 heteroatoms. The summed E-state index contributed by atoms with van der Waals surface area (Å²) in [5.74, 6) is -0.835. The summed E-state index contributed by atoms with van der Waals surface area (Å²) in [6, 6.07) is -0.603. The molecule has 1 spiro atoms. The van der Waals surface area contributed by atoms with Crippen LogP contribution in [-0.2, 0) is 14.4 Å². The number of carbonyl (C=O) groups is 4. The Balaban J connectivity index is 1.48. The molecule has 0 bridgehead atoms. The first-order chi connectivity index (χ1) is 17.2. The van der Waals surface area contributed by atoms with Crippen molar-refractivity contribution in [3.63, 3.8) is 0 Å². The zero-order valence-corrected chi connectivity index (χ0v) is 22.9. The van der Waals surface area contributed by atoms with Gasteiger partial charge >= 0.3 is 6.03 Å². The van der Waals surface area contributed by atoms with Gasteiger partial charge in [-0.15, -0.1) is 0 Å². The molecule has 4 N–H and O–H groups in total. The van der Waals surface area contributed by atoms with Crippen LogP contribution in [0.25, 0.3) is 0 Å². The Hall–Kier alpha value is -2.83. The van der Waals surface area contributed by atoms with Gasteiger partial charge in [-0.3, -0.25) is 14.4 Å². The summed E-state index contributed by atoms with van der Waals surface area (Å²) in [5, 5.41) is 21.3. The first-order valence-electron chi connectivity index (χ1n) is 13.6. The molecule has 4 aliphatic rings. The number of amides is 5. The van der Waals surface area contributed by atoms with Crippen LogP contribution in [0.1, 0.15) is 73.6 Å². The van der Waals surface area contributed by atoms with Gasteiger partial charge in [-0.25, -0.2) is 4.79 Å². The van der Waals surface area contributed by atoms with Crippen LogP contribution < -0.4 is 21.3 Å². The molecule has 37 heavy (non-hydrogen) atoms. The molecule has 0 aromatic carbocycles. The van der Waals surface area contributed by atoms with E-state index in [1.807, 2.05) is 27.7 Å². The summed E-state index contributed by atoms with van der Waals surface area (Å²) in [6.45, 7) is 12.7. The third-order valence-corrected chi connectivity index (χ3v) is 8.93. The lowest BCUT2D eigenvalue weighted by molar-refractivity contribution is -0.143. The first kappa shape index (κ1) is 27.2. The van der Waals surface area contributed by atoms with E-state index in [9.17, 15) is 24.4 Å². The number of nitrogens with zero attached hydrogens (tertiary/aromatic N) is 2. The second-order valence-electron chi connectivity index (χ2n) is 13.2. The number of likely N-dealkylation sites (tertiary alicyclic amines) is 1. The van der Waals surface area contributed by atoms with E-state index >= 15 is 0 Å². The van der Waals surface area contributed by atoms with E-state index in [1.54, 1.807) is 4.90 Å². The summed E-state index contributed by atoms with van der Waals surface area (Å²) >= 11 is 0. The minimum Gasteiger partial charge on any atom is -0.350 e. The van der Waals surface area contributed by atoms with Gasteiger partial charge in [0, 0.05) is 24.5 Å². The van der Waals surface area contributed by atoms with E-state index in [0.717, 1.165) is 19.3 Å². The largest absolute Gasteiger partial charge is 0.350 e. The molecule has 4 rings (SSSR count). The van der Waals surface area contributed by atoms with Crippen molar-refractivity contribution in [3.8, 4) is 6.07 Å². The van der Waals surface area contributed by atoms with Crippen LogP contribution in [0.15, 0.2) is 0 Å². The molecule has 4 fully saturated rings. The second kappa shape index (κ2) is 9.48. The predicted molar refractivity (Wildman–Crippen MR) is 137 cm³/mol. The molecule has 5 amide bonds. The number of piperidine rings is 1. The van der Waals surface area contributed by atoms with Gasteiger partial charge in [0.05, 0.1) is 6.07 Å². The van der Waals surface area contributed by atoms with Crippen LogP contribution in [-0.4, -0.2) is 65.4 Å². The van der Waals surface area contributed by atoms with Crippen molar-refractivity contribution in [2.45, 2.75) is 97.3 Å². The third-order valence-electron chi connectivity index (χ3n) is 8.93. The Morgan fingerprint density at radius 2 is 1.89 bits per heavy atom. The fourth-order valence-corrected chi connectivity index (χ4v) is 6.38. The van der Waals surface area contributed by atoms with E-state index in [4.69, 9.17) is 0 Å². The van der Waals surface area contributed by atoms with Gasteiger partial charge in [-0.05, 0) is 54.8 Å². The van der Waals surface area contributed by atoms with Crippen molar-refractivity contribution in [2.75, 3.05) is 13.1 Å². The molecule has 2 aliphatic heterocycles. The van der Waals surface area contributed by atoms with Gasteiger partial charge in [0.25, 0.3) is 0 Å². The molecule has 2 saturated heterocycles. The summed E-state index contributed by atoms with van der Waals surface area (Å²) in [4.78, 5) is 53.9. The molecule has 0 radical (unpaired) electrons. The number of nitriles is 1. The molecule has 2 saturated carbocycles. The molecule has 6 atom stereocenters. The highest BCUT2D eigenvalue weighted by Crippen LogP contribution is 2.65. The van der Waals surface area contributed by atoms with Crippen molar-refractivity contribution >= 4 is 23.8 Å². The van der Waals surface area contributed by atoms with Crippen molar-refractivity contribution in [1.82, 2.24) is 26.2 Å². The maximum Gasteiger partial charge on any atom is 0.315 e. The van der Waals surface area contributed by atoms with E-state index in [-0.39, 0.29) is 52.8 Å². The summed E-state index contributed by atoms with van der Waals surface area (Å²) in [5.41, 5.74) is -0.758. The summed E-state index contributed by atoms with van der Waals surface area (Å²) in [7, 11) is 0. The molecular formula is C27H42N6O4. The van der Waals surface area contributed by atoms with Crippen molar-refractivity contribution < 1.29 is 19.2 Å². The lowest BCUT2D eigenvalue weighted by atomic mass is 9.85. The minimum absolute atomic E-state index is 0.0187. The quantitative estimate of drug-likeness (QED) is 0.390. The molecule has 2 aliphatic carbocycles. The van der Waals surface area contributed by atoms with Crippen molar-refractivity contribution in [2.24, 2.45) is 28.6 Å². The Bertz CT molecular complexity index is 1010. The fourth-order valence-electron chi connectivity index (χ4n) is 6.38. The maximum atomic E-state index is 13.8. The summed E-state index contributed by atoms with van der Waals surface area (Å²) in [6.07, 6.45) is 3.67. The van der Waals surface area contributed by atoms with Crippen LogP contribution in [0, 0.1) is 39.9 Å². The molecule has 10 nitrogen and oxygen atoms in total. The van der Waals surface area contributed by atoms with Crippen molar-refractivity contribution in [3.05, 3.63) is 0 Å². The van der Waals surface area contributed by atoms with Crippen LogP contribution in [0.2, 0.25) is 0 Å². The SMILES string of the molecule is CCCNC(=O)N[C@H](C(=O)N1C[C@H]2[C@@H]([C@H]1C(=O)N[C@H](C#N)C[C@@H]1CC3(CC3)NC1=O)C2(C)C)C(C)(C)C. The standard InChI is InChI=1S/C27H42N6O4/c1-7-10-29-24(37)31-20(25(2,3)4)23(36)33-14-17-18(26(17,5)6)19(33)22(35)30-16(13-28)11-15-12-27(8-9-27)32-21(15)34/h15-20H,7-12,14H2,1-6H3,(H,30,35)(H,32,34)(H2,29,31,37)/t15-,16+,17+,18+,19+,20-/m1/s1. The Morgan fingerprint density at radius 1 is 1.22 bits per heavy atom. The van der Waals surface area contributed by atoms with Crippen LogP contribution in [0.3, 0.4) is 0 Å². The Morgan fingerprint density at radius 3 is 2.43 bits per heavy atom. The maximum absolute atomic E-state index is 13.8. The molecule has 0 aromatic heterocycles. The smallest absolute Gasteiger partial charge is 0.315 e. The van der Waals surface area contributed by atoms with E-state index < -0.39 is 29.6 Å². The Labute approximate surface area is 219 Å². The topological polar surface area (TPSA) is 143 Å². The van der Waals surface area contributed by atoms with Gasteiger partial charge in [-0.2, -0.15) is 5.26 Å². The van der Waals surface area contributed by atoms with E-state index in [0.29, 0.717) is 19.5 Å². The lowest BCUT2D eigenvalue weighted by Crippen LogP contribution is -2.60. The van der Waals surface area contributed by atoms with Gasteiger partial charge in [-0.1, -0.05) is 41.5 Å². The van der Waals surface area contributed by atoms with Gasteiger partial charge in [0.1, 0.15) is 18.1 Å². The molecule has 0 aromatic rings. The molecular weight excluding hydrogens is 472 g/mol.